The molecule has 0 bridgehead atoms. The van der Waals surface area contributed by atoms with Gasteiger partial charge in [-0.15, -0.1) is 0 Å². The SMILES string of the molecule is CC1CC23C(COC(=O)C24CO4)C(C(=O)O)CC3C1C. The molecule has 7 atom stereocenters. The fourth-order valence-electron chi connectivity index (χ4n) is 5.62. The van der Waals surface area contributed by atoms with Crippen LogP contribution in [0.15, 0.2) is 0 Å². The van der Waals surface area contributed by atoms with Crippen molar-refractivity contribution in [2.75, 3.05) is 13.2 Å². The molecular formula is C15H20O5. The molecule has 0 aromatic rings. The molecule has 4 aliphatic rings. The second kappa shape index (κ2) is 3.56. The van der Waals surface area contributed by atoms with Crippen LogP contribution in [0.1, 0.15) is 26.7 Å². The molecule has 2 aliphatic heterocycles. The average Bonchev–Trinajstić information content (AvgIpc) is 3.07. The van der Waals surface area contributed by atoms with E-state index in [2.05, 4.69) is 13.8 Å². The van der Waals surface area contributed by atoms with Gasteiger partial charge in [0.25, 0.3) is 0 Å². The third-order valence-electron chi connectivity index (χ3n) is 6.73. The molecule has 0 aromatic carbocycles. The van der Waals surface area contributed by atoms with E-state index in [0.29, 0.717) is 24.9 Å². The minimum absolute atomic E-state index is 0.0856. The van der Waals surface area contributed by atoms with Crippen molar-refractivity contribution in [2.45, 2.75) is 32.3 Å². The number of hydrogen-bond donors (Lipinski definition) is 1. The number of carboxylic acids is 1. The van der Waals surface area contributed by atoms with E-state index in [1.807, 2.05) is 0 Å². The summed E-state index contributed by atoms with van der Waals surface area (Å²) in [4.78, 5) is 23.9. The molecule has 7 unspecified atom stereocenters. The van der Waals surface area contributed by atoms with Crippen molar-refractivity contribution in [1.29, 1.82) is 0 Å². The minimum Gasteiger partial charge on any atom is -0.481 e. The summed E-state index contributed by atoms with van der Waals surface area (Å²) in [6, 6.07) is 0. The summed E-state index contributed by atoms with van der Waals surface area (Å²) >= 11 is 0. The number of carbonyl (C=O) groups is 2. The molecule has 5 nitrogen and oxygen atoms in total. The number of rotatable bonds is 1. The summed E-state index contributed by atoms with van der Waals surface area (Å²) in [5.74, 6) is -0.290. The van der Waals surface area contributed by atoms with Crippen LogP contribution in [0.5, 0.6) is 0 Å². The van der Waals surface area contributed by atoms with E-state index in [1.165, 1.54) is 0 Å². The second-order valence-electron chi connectivity index (χ2n) is 7.19. The lowest BCUT2D eigenvalue weighted by molar-refractivity contribution is -0.179. The number of hydrogen-bond acceptors (Lipinski definition) is 4. The van der Waals surface area contributed by atoms with Crippen molar-refractivity contribution in [1.82, 2.24) is 0 Å². The Morgan fingerprint density at radius 2 is 2.05 bits per heavy atom. The van der Waals surface area contributed by atoms with Gasteiger partial charge in [-0.05, 0) is 30.6 Å². The summed E-state index contributed by atoms with van der Waals surface area (Å²) < 4.78 is 10.9. The lowest BCUT2D eigenvalue weighted by atomic mass is 9.61. The van der Waals surface area contributed by atoms with Crippen molar-refractivity contribution in [2.24, 2.45) is 35.0 Å². The van der Waals surface area contributed by atoms with Crippen LogP contribution < -0.4 is 0 Å². The fourth-order valence-corrected chi connectivity index (χ4v) is 5.62. The minimum atomic E-state index is -0.830. The summed E-state index contributed by atoms with van der Waals surface area (Å²) in [7, 11) is 0. The molecular weight excluding hydrogens is 260 g/mol. The van der Waals surface area contributed by atoms with Crippen LogP contribution in [0.2, 0.25) is 0 Å². The number of carbonyl (C=O) groups excluding carboxylic acids is 1. The molecule has 0 aromatic heterocycles. The molecule has 20 heavy (non-hydrogen) atoms. The molecule has 2 saturated carbocycles. The van der Waals surface area contributed by atoms with Gasteiger partial charge in [0.05, 0.1) is 19.1 Å². The van der Waals surface area contributed by atoms with E-state index in [4.69, 9.17) is 9.47 Å². The van der Waals surface area contributed by atoms with E-state index in [-0.39, 0.29) is 29.8 Å². The maximum atomic E-state index is 12.3. The summed E-state index contributed by atoms with van der Waals surface area (Å²) in [5.41, 5.74) is -1.13. The largest absolute Gasteiger partial charge is 0.481 e. The highest BCUT2D eigenvalue weighted by molar-refractivity contribution is 5.86. The average molecular weight is 280 g/mol. The van der Waals surface area contributed by atoms with Crippen molar-refractivity contribution >= 4 is 11.9 Å². The summed E-state index contributed by atoms with van der Waals surface area (Å²) in [5, 5.41) is 9.53. The third-order valence-corrected chi connectivity index (χ3v) is 6.73. The summed E-state index contributed by atoms with van der Waals surface area (Å²) in [6.45, 7) is 5.06. The third kappa shape index (κ3) is 1.15. The molecule has 2 spiro atoms. The van der Waals surface area contributed by atoms with E-state index in [9.17, 15) is 14.7 Å². The van der Waals surface area contributed by atoms with Crippen molar-refractivity contribution in [3.8, 4) is 0 Å². The monoisotopic (exact) mass is 280 g/mol. The number of aliphatic carboxylic acids is 1. The Labute approximate surface area is 117 Å². The van der Waals surface area contributed by atoms with Gasteiger partial charge in [0.2, 0.25) is 0 Å². The number of epoxide rings is 1. The predicted octanol–water partition coefficient (Wildman–Crippen LogP) is 1.31. The quantitative estimate of drug-likeness (QED) is 0.579. The van der Waals surface area contributed by atoms with Gasteiger partial charge in [-0.25, -0.2) is 4.79 Å². The number of esters is 1. The highest BCUT2D eigenvalue weighted by atomic mass is 16.6. The van der Waals surface area contributed by atoms with Gasteiger partial charge < -0.3 is 14.6 Å². The van der Waals surface area contributed by atoms with Crippen molar-refractivity contribution < 1.29 is 24.2 Å². The molecule has 5 heteroatoms. The summed E-state index contributed by atoms with van der Waals surface area (Å²) in [6.07, 6.45) is 1.55. The first-order valence-electron chi connectivity index (χ1n) is 7.48. The number of carboxylic acid groups (broad SMARTS) is 1. The van der Waals surface area contributed by atoms with Crippen molar-refractivity contribution in [3.63, 3.8) is 0 Å². The molecule has 0 amide bonds. The second-order valence-corrected chi connectivity index (χ2v) is 7.19. The van der Waals surface area contributed by atoms with E-state index in [1.54, 1.807) is 0 Å². The lowest BCUT2D eigenvalue weighted by Crippen LogP contribution is -2.56. The highest BCUT2D eigenvalue weighted by Crippen LogP contribution is 2.72. The van der Waals surface area contributed by atoms with Crippen LogP contribution >= 0.6 is 0 Å². The Morgan fingerprint density at radius 3 is 2.65 bits per heavy atom. The van der Waals surface area contributed by atoms with Crippen LogP contribution in [0, 0.1) is 35.0 Å². The molecule has 4 rings (SSSR count). The van der Waals surface area contributed by atoms with Gasteiger partial charge in [0.1, 0.15) is 0 Å². The maximum Gasteiger partial charge on any atom is 0.341 e. The van der Waals surface area contributed by atoms with Gasteiger partial charge in [0.15, 0.2) is 5.60 Å². The molecule has 4 fully saturated rings. The molecule has 2 saturated heterocycles. The van der Waals surface area contributed by atoms with Crippen LogP contribution in [0.4, 0.5) is 0 Å². The zero-order chi connectivity index (χ0) is 14.3. The van der Waals surface area contributed by atoms with Gasteiger partial charge in [-0.3, -0.25) is 4.79 Å². The number of cyclic esters (lactones) is 1. The first-order chi connectivity index (χ1) is 9.44. The zero-order valence-corrected chi connectivity index (χ0v) is 11.8. The highest BCUT2D eigenvalue weighted by Gasteiger charge is 2.80. The van der Waals surface area contributed by atoms with E-state index in [0.717, 1.165) is 6.42 Å². The standard InChI is InChI=1S/C15H20O5/c1-7-4-14-10(8(7)2)3-9(12(16)17)11(14)5-19-13(18)15(14)6-20-15/h7-11H,3-6H2,1-2H3,(H,16,17). The van der Waals surface area contributed by atoms with Crippen LogP contribution in [-0.4, -0.2) is 35.9 Å². The Morgan fingerprint density at radius 1 is 1.35 bits per heavy atom. The zero-order valence-electron chi connectivity index (χ0n) is 11.8. The van der Waals surface area contributed by atoms with Gasteiger partial charge in [-0.1, -0.05) is 13.8 Å². The molecule has 2 aliphatic carbocycles. The van der Waals surface area contributed by atoms with Crippen LogP contribution in [0.3, 0.4) is 0 Å². The first-order valence-corrected chi connectivity index (χ1v) is 7.48. The van der Waals surface area contributed by atoms with Crippen LogP contribution in [0.25, 0.3) is 0 Å². The molecule has 0 radical (unpaired) electrons. The van der Waals surface area contributed by atoms with Crippen LogP contribution in [-0.2, 0) is 19.1 Å². The Balaban J connectivity index is 1.85. The van der Waals surface area contributed by atoms with E-state index < -0.39 is 17.5 Å². The first kappa shape index (κ1) is 12.6. The Kier molecular flexibility index (Phi) is 2.25. The number of ether oxygens (including phenoxy) is 2. The van der Waals surface area contributed by atoms with Gasteiger partial charge >= 0.3 is 11.9 Å². The maximum absolute atomic E-state index is 12.3. The predicted molar refractivity (Wildman–Crippen MR) is 67.7 cm³/mol. The topological polar surface area (TPSA) is 76.1 Å². The lowest BCUT2D eigenvalue weighted by Gasteiger charge is -2.44. The smallest absolute Gasteiger partial charge is 0.341 e. The Hall–Kier alpha value is -1.10. The molecule has 2 heterocycles. The Bertz CT molecular complexity index is 496. The van der Waals surface area contributed by atoms with E-state index >= 15 is 0 Å². The normalized spacial score (nSPS) is 56.3. The molecule has 1 N–H and O–H groups in total. The fraction of sp³-hybridized carbons (Fsp3) is 0.867. The van der Waals surface area contributed by atoms with Gasteiger partial charge in [0, 0.05) is 11.3 Å². The van der Waals surface area contributed by atoms with Crippen molar-refractivity contribution in [3.05, 3.63) is 0 Å². The molecule has 110 valence electrons. The van der Waals surface area contributed by atoms with Gasteiger partial charge in [-0.2, -0.15) is 0 Å².